The SMILES string of the molecule is CCCOC(O)(c1ccc(C=O)cc1Cl)c1ccc(C=O)cc1Cl. The van der Waals surface area contributed by atoms with Gasteiger partial charge in [0.05, 0.1) is 16.7 Å². The number of aldehydes is 2. The minimum atomic E-state index is -1.90. The van der Waals surface area contributed by atoms with E-state index in [0.717, 1.165) is 0 Å². The summed E-state index contributed by atoms with van der Waals surface area (Å²) >= 11 is 12.5. The molecule has 0 saturated heterocycles. The fraction of sp³-hybridized carbons (Fsp3) is 0.222. The van der Waals surface area contributed by atoms with Crippen molar-refractivity contribution in [1.82, 2.24) is 0 Å². The van der Waals surface area contributed by atoms with Crippen LogP contribution in [0, 0.1) is 0 Å². The molecule has 0 aliphatic rings. The Hall–Kier alpha value is -1.72. The molecule has 0 unspecified atom stereocenters. The Morgan fingerprint density at radius 3 is 1.79 bits per heavy atom. The average molecular weight is 367 g/mol. The maximum absolute atomic E-state index is 11.2. The van der Waals surface area contributed by atoms with Crippen LogP contribution in [0.2, 0.25) is 10.0 Å². The van der Waals surface area contributed by atoms with Crippen LogP contribution in [-0.4, -0.2) is 24.3 Å². The van der Waals surface area contributed by atoms with Gasteiger partial charge in [0, 0.05) is 22.3 Å². The highest BCUT2D eigenvalue weighted by atomic mass is 35.5. The van der Waals surface area contributed by atoms with Crippen molar-refractivity contribution in [3.8, 4) is 0 Å². The van der Waals surface area contributed by atoms with Gasteiger partial charge in [0.2, 0.25) is 5.79 Å². The van der Waals surface area contributed by atoms with Gasteiger partial charge < -0.3 is 9.84 Å². The lowest BCUT2D eigenvalue weighted by Gasteiger charge is -2.31. The molecule has 0 saturated carbocycles. The Morgan fingerprint density at radius 1 is 1.00 bits per heavy atom. The van der Waals surface area contributed by atoms with Crippen molar-refractivity contribution in [2.24, 2.45) is 0 Å². The molecule has 0 aliphatic heterocycles. The third-order valence-corrected chi connectivity index (χ3v) is 4.13. The summed E-state index contributed by atoms with van der Waals surface area (Å²) in [4.78, 5) is 21.8. The molecule has 0 spiro atoms. The molecule has 0 aliphatic carbocycles. The largest absolute Gasteiger partial charge is 0.358 e. The fourth-order valence-corrected chi connectivity index (χ4v) is 2.94. The van der Waals surface area contributed by atoms with Gasteiger partial charge in [0.15, 0.2) is 0 Å². The van der Waals surface area contributed by atoms with E-state index in [9.17, 15) is 14.7 Å². The molecule has 0 heterocycles. The monoisotopic (exact) mass is 366 g/mol. The van der Waals surface area contributed by atoms with Crippen molar-refractivity contribution < 1.29 is 19.4 Å². The number of ether oxygens (including phenoxy) is 1. The molecule has 4 nitrogen and oxygen atoms in total. The summed E-state index contributed by atoms with van der Waals surface area (Å²) in [5.41, 5.74) is 1.29. The van der Waals surface area contributed by atoms with Crippen LogP contribution in [0.25, 0.3) is 0 Å². The Morgan fingerprint density at radius 2 is 1.46 bits per heavy atom. The van der Waals surface area contributed by atoms with E-state index in [-0.39, 0.29) is 27.8 Å². The van der Waals surface area contributed by atoms with Gasteiger partial charge >= 0.3 is 0 Å². The highest BCUT2D eigenvalue weighted by Gasteiger charge is 2.36. The third kappa shape index (κ3) is 3.68. The van der Waals surface area contributed by atoms with Crippen LogP contribution < -0.4 is 0 Å². The number of aliphatic hydroxyl groups is 1. The molecular weight excluding hydrogens is 351 g/mol. The minimum Gasteiger partial charge on any atom is -0.358 e. The molecule has 2 aromatic rings. The Bertz CT molecular complexity index is 701. The van der Waals surface area contributed by atoms with E-state index in [1.165, 1.54) is 36.4 Å². The maximum Gasteiger partial charge on any atom is 0.222 e. The van der Waals surface area contributed by atoms with Gasteiger partial charge in [-0.15, -0.1) is 0 Å². The predicted octanol–water partition coefficient (Wildman–Crippen LogP) is 4.24. The van der Waals surface area contributed by atoms with E-state index < -0.39 is 5.79 Å². The summed E-state index contributed by atoms with van der Waals surface area (Å²) in [6, 6.07) is 8.98. The molecule has 0 aromatic heterocycles. The van der Waals surface area contributed by atoms with Crippen LogP contribution in [0.15, 0.2) is 36.4 Å². The third-order valence-electron chi connectivity index (χ3n) is 3.50. The number of carbonyl (C=O) groups excluding carboxylic acids is 2. The summed E-state index contributed by atoms with van der Waals surface area (Å²) in [7, 11) is 0. The number of rotatable bonds is 7. The second-order valence-electron chi connectivity index (χ2n) is 5.21. The van der Waals surface area contributed by atoms with Crippen molar-refractivity contribution in [3.05, 3.63) is 68.7 Å². The molecule has 2 rings (SSSR count). The van der Waals surface area contributed by atoms with Gasteiger partial charge in [-0.05, 0) is 18.6 Å². The first-order valence-corrected chi connectivity index (χ1v) is 8.08. The first-order valence-electron chi connectivity index (χ1n) is 7.33. The second-order valence-corrected chi connectivity index (χ2v) is 6.02. The van der Waals surface area contributed by atoms with Crippen molar-refractivity contribution in [2.75, 3.05) is 6.61 Å². The highest BCUT2D eigenvalue weighted by Crippen LogP contribution is 2.39. The van der Waals surface area contributed by atoms with Gasteiger partial charge in [-0.25, -0.2) is 0 Å². The number of benzene rings is 2. The van der Waals surface area contributed by atoms with Crippen LogP contribution in [0.3, 0.4) is 0 Å². The van der Waals surface area contributed by atoms with Crippen molar-refractivity contribution in [1.29, 1.82) is 0 Å². The molecular formula is C18H16Cl2O4. The normalized spacial score (nSPS) is 11.3. The first kappa shape index (κ1) is 18.6. The average Bonchev–Trinajstić information content (AvgIpc) is 2.59. The molecule has 126 valence electrons. The molecule has 0 fully saturated rings. The van der Waals surface area contributed by atoms with E-state index >= 15 is 0 Å². The van der Waals surface area contributed by atoms with Crippen molar-refractivity contribution >= 4 is 35.8 Å². The number of halogens is 2. The zero-order chi connectivity index (χ0) is 17.7. The fourth-order valence-electron chi connectivity index (χ4n) is 2.31. The predicted molar refractivity (Wildman–Crippen MR) is 92.9 cm³/mol. The number of carbonyl (C=O) groups is 2. The van der Waals surface area contributed by atoms with Gasteiger partial charge in [-0.3, -0.25) is 9.59 Å². The highest BCUT2D eigenvalue weighted by molar-refractivity contribution is 6.32. The smallest absolute Gasteiger partial charge is 0.222 e. The quantitative estimate of drug-likeness (QED) is 0.587. The summed E-state index contributed by atoms with van der Waals surface area (Å²) in [5, 5.41) is 11.6. The van der Waals surface area contributed by atoms with E-state index in [0.29, 0.717) is 30.1 Å². The molecule has 6 heteroatoms. The van der Waals surface area contributed by atoms with E-state index in [2.05, 4.69) is 0 Å². The topological polar surface area (TPSA) is 63.6 Å². The summed E-state index contributed by atoms with van der Waals surface area (Å²) in [5.74, 6) is -1.90. The Labute approximate surface area is 150 Å². The van der Waals surface area contributed by atoms with Crippen LogP contribution in [-0.2, 0) is 10.5 Å². The molecule has 1 N–H and O–H groups in total. The van der Waals surface area contributed by atoms with E-state index in [1.54, 1.807) is 0 Å². The van der Waals surface area contributed by atoms with Crippen molar-refractivity contribution in [2.45, 2.75) is 19.1 Å². The Kier molecular flexibility index (Phi) is 6.13. The lowest BCUT2D eigenvalue weighted by molar-refractivity contribution is -0.180. The Balaban J connectivity index is 2.62. The zero-order valence-corrected chi connectivity index (χ0v) is 14.5. The zero-order valence-electron chi connectivity index (χ0n) is 13.0. The van der Waals surface area contributed by atoms with E-state index in [4.69, 9.17) is 27.9 Å². The molecule has 0 amide bonds. The van der Waals surface area contributed by atoms with Crippen LogP contribution in [0.5, 0.6) is 0 Å². The lowest BCUT2D eigenvalue weighted by atomic mass is 9.95. The summed E-state index contributed by atoms with van der Waals surface area (Å²) in [6.45, 7) is 2.16. The van der Waals surface area contributed by atoms with Gasteiger partial charge in [0.25, 0.3) is 0 Å². The second kappa shape index (κ2) is 7.90. The van der Waals surface area contributed by atoms with Crippen molar-refractivity contribution in [3.63, 3.8) is 0 Å². The van der Waals surface area contributed by atoms with E-state index in [1.807, 2.05) is 6.92 Å². The van der Waals surface area contributed by atoms with Gasteiger partial charge in [-0.2, -0.15) is 0 Å². The first-order chi connectivity index (χ1) is 11.5. The molecule has 2 aromatic carbocycles. The number of hydrogen-bond acceptors (Lipinski definition) is 4. The lowest BCUT2D eigenvalue weighted by Crippen LogP contribution is -2.32. The number of hydrogen-bond donors (Lipinski definition) is 1. The molecule has 0 radical (unpaired) electrons. The van der Waals surface area contributed by atoms with Gasteiger partial charge in [-0.1, -0.05) is 54.4 Å². The van der Waals surface area contributed by atoms with Gasteiger partial charge in [0.1, 0.15) is 12.6 Å². The summed E-state index contributed by atoms with van der Waals surface area (Å²) in [6.07, 6.45) is 1.98. The van der Waals surface area contributed by atoms with Crippen LogP contribution >= 0.6 is 23.2 Å². The van der Waals surface area contributed by atoms with Crippen LogP contribution in [0.1, 0.15) is 45.2 Å². The molecule has 24 heavy (non-hydrogen) atoms. The standard InChI is InChI=1S/C18H16Cl2O4/c1-2-7-24-18(23,14-5-3-12(10-21)8-16(14)19)15-6-4-13(11-22)9-17(15)20/h3-6,8-11,23H,2,7H2,1H3. The maximum atomic E-state index is 11.2. The molecule has 0 bridgehead atoms. The minimum absolute atomic E-state index is 0.175. The van der Waals surface area contributed by atoms with Crippen LogP contribution in [0.4, 0.5) is 0 Å². The summed E-state index contributed by atoms with van der Waals surface area (Å²) < 4.78 is 5.67. The molecule has 0 atom stereocenters.